The quantitative estimate of drug-likeness (QED) is 0.520. The maximum Gasteiger partial charge on any atom is 0.410 e. The Morgan fingerprint density at radius 1 is 1.43 bits per heavy atom. The van der Waals surface area contributed by atoms with Gasteiger partial charge in [-0.25, -0.2) is 9.69 Å². The molecule has 0 N–H and O–H groups in total. The Hall–Kier alpha value is -2.20. The number of amides is 2. The molecule has 0 aromatic heterocycles. The molecule has 122 valence electrons. The van der Waals surface area contributed by atoms with Crippen molar-refractivity contribution in [2.24, 2.45) is 0 Å². The molecule has 6 nitrogen and oxygen atoms in total. The molecule has 2 amide bonds. The van der Waals surface area contributed by atoms with Gasteiger partial charge < -0.3 is 4.74 Å². The first kappa shape index (κ1) is 17.2. The van der Waals surface area contributed by atoms with Gasteiger partial charge in [-0.15, -0.1) is 0 Å². The topological polar surface area (TPSA) is 73.6 Å². The van der Waals surface area contributed by atoms with Gasteiger partial charge in [0.25, 0.3) is 5.91 Å². The predicted octanol–water partition coefficient (Wildman–Crippen LogP) is 2.03. The Bertz CT molecular complexity index is 602. The minimum Gasteiger partial charge on any atom is -0.445 e. The lowest BCUT2D eigenvalue weighted by atomic mass is 10.2. The van der Waals surface area contributed by atoms with Gasteiger partial charge in [-0.05, 0) is 18.9 Å². The van der Waals surface area contributed by atoms with Crippen LogP contribution < -0.4 is 0 Å². The third-order valence-corrected chi connectivity index (χ3v) is 4.08. The average molecular weight is 333 g/mol. The van der Waals surface area contributed by atoms with Crippen LogP contribution in [0.1, 0.15) is 18.9 Å². The zero-order chi connectivity index (χ0) is 16.8. The highest BCUT2D eigenvalue weighted by atomic mass is 32.1. The van der Waals surface area contributed by atoms with Crippen molar-refractivity contribution >= 4 is 24.6 Å². The van der Waals surface area contributed by atoms with E-state index in [-0.39, 0.29) is 24.3 Å². The molecule has 2 rings (SSSR count). The molecule has 1 aliphatic heterocycles. The van der Waals surface area contributed by atoms with Crippen molar-refractivity contribution < 1.29 is 14.3 Å². The van der Waals surface area contributed by atoms with Crippen molar-refractivity contribution in [3.63, 3.8) is 0 Å². The molecule has 0 saturated carbocycles. The molecule has 1 aliphatic rings. The molecule has 1 fully saturated rings. The maximum atomic E-state index is 12.4. The van der Waals surface area contributed by atoms with E-state index in [1.165, 1.54) is 4.90 Å². The molecule has 1 saturated heterocycles. The van der Waals surface area contributed by atoms with Crippen LogP contribution in [0.25, 0.3) is 0 Å². The summed E-state index contributed by atoms with van der Waals surface area (Å²) in [4.78, 5) is 27.1. The minimum atomic E-state index is -0.694. The van der Waals surface area contributed by atoms with Gasteiger partial charge in [-0.2, -0.15) is 17.9 Å². The van der Waals surface area contributed by atoms with E-state index in [0.717, 1.165) is 10.5 Å². The van der Waals surface area contributed by atoms with Gasteiger partial charge in [0.05, 0.1) is 0 Å². The highest BCUT2D eigenvalue weighted by Crippen LogP contribution is 2.24. The first-order chi connectivity index (χ1) is 11.1. The van der Waals surface area contributed by atoms with Gasteiger partial charge in [0, 0.05) is 18.3 Å². The average Bonchev–Trinajstić information content (AvgIpc) is 2.96. The van der Waals surface area contributed by atoms with Crippen LogP contribution >= 0.6 is 12.6 Å². The number of hydrogen-bond acceptors (Lipinski definition) is 5. The second-order valence-corrected chi connectivity index (χ2v) is 6.01. The van der Waals surface area contributed by atoms with Crippen LogP contribution in [-0.2, 0) is 16.1 Å². The van der Waals surface area contributed by atoms with Crippen LogP contribution in [0.2, 0.25) is 0 Å². The number of carbonyl (C=O) groups excluding carboxylic acids is 2. The summed E-state index contributed by atoms with van der Waals surface area (Å²) in [5, 5.41) is 8.89. The second-order valence-electron chi connectivity index (χ2n) is 5.28. The molecular weight excluding hydrogens is 314 g/mol. The standard InChI is InChI=1S/C16H19N3O3S/c1-2-18(11-17)15(20)14-8-13(23)9-19(14)16(21)22-10-12-6-4-3-5-7-12/h3-7,13-14,23H,2,8-10H2,1H3/t13-,14+/m1/s1. The lowest BCUT2D eigenvalue weighted by Crippen LogP contribution is -2.46. The fraction of sp³-hybridized carbons (Fsp3) is 0.438. The first-order valence-corrected chi connectivity index (χ1v) is 7.95. The van der Waals surface area contributed by atoms with Gasteiger partial charge in [0.2, 0.25) is 0 Å². The van der Waals surface area contributed by atoms with Crippen molar-refractivity contribution in [1.82, 2.24) is 9.80 Å². The lowest BCUT2D eigenvalue weighted by Gasteiger charge is -2.25. The van der Waals surface area contributed by atoms with Crippen molar-refractivity contribution in [3.05, 3.63) is 35.9 Å². The molecule has 0 bridgehead atoms. The summed E-state index contributed by atoms with van der Waals surface area (Å²) < 4.78 is 5.29. The van der Waals surface area contributed by atoms with E-state index in [1.807, 2.05) is 36.5 Å². The van der Waals surface area contributed by atoms with Crippen molar-refractivity contribution in [1.29, 1.82) is 5.26 Å². The molecule has 1 heterocycles. The summed E-state index contributed by atoms with van der Waals surface area (Å²) in [6.45, 7) is 2.46. The molecule has 0 radical (unpaired) electrons. The van der Waals surface area contributed by atoms with Crippen molar-refractivity contribution in [2.45, 2.75) is 31.2 Å². The number of rotatable bonds is 4. The third-order valence-electron chi connectivity index (χ3n) is 3.71. The van der Waals surface area contributed by atoms with E-state index in [0.29, 0.717) is 13.0 Å². The van der Waals surface area contributed by atoms with Gasteiger partial charge in [0.1, 0.15) is 12.6 Å². The number of likely N-dealkylation sites (N-methyl/N-ethyl adjacent to an activating group) is 1. The molecule has 1 aromatic rings. The van der Waals surface area contributed by atoms with E-state index >= 15 is 0 Å². The second kappa shape index (κ2) is 7.88. The van der Waals surface area contributed by atoms with Crippen LogP contribution in [0.5, 0.6) is 0 Å². The summed E-state index contributed by atoms with van der Waals surface area (Å²) in [5.74, 6) is -0.386. The molecule has 23 heavy (non-hydrogen) atoms. The van der Waals surface area contributed by atoms with Crippen LogP contribution in [0.15, 0.2) is 30.3 Å². The zero-order valence-electron chi connectivity index (χ0n) is 12.9. The van der Waals surface area contributed by atoms with E-state index in [4.69, 9.17) is 10.00 Å². The van der Waals surface area contributed by atoms with E-state index < -0.39 is 12.1 Å². The molecule has 0 spiro atoms. The molecular formula is C16H19N3O3S. The van der Waals surface area contributed by atoms with Gasteiger partial charge >= 0.3 is 6.09 Å². The van der Waals surface area contributed by atoms with Crippen LogP contribution in [0.4, 0.5) is 4.79 Å². The highest BCUT2D eigenvalue weighted by molar-refractivity contribution is 7.81. The fourth-order valence-electron chi connectivity index (χ4n) is 2.51. The molecule has 7 heteroatoms. The van der Waals surface area contributed by atoms with E-state index in [2.05, 4.69) is 12.6 Å². The summed E-state index contributed by atoms with van der Waals surface area (Å²) >= 11 is 4.36. The minimum absolute atomic E-state index is 0.106. The lowest BCUT2D eigenvalue weighted by molar-refractivity contribution is -0.132. The van der Waals surface area contributed by atoms with E-state index in [9.17, 15) is 9.59 Å². The molecule has 1 aromatic carbocycles. The van der Waals surface area contributed by atoms with Crippen LogP contribution in [0.3, 0.4) is 0 Å². The Labute approximate surface area is 141 Å². The van der Waals surface area contributed by atoms with Gasteiger partial charge in [-0.1, -0.05) is 30.3 Å². The summed E-state index contributed by atoms with van der Waals surface area (Å²) in [6.07, 6.45) is 1.70. The molecule has 0 unspecified atom stereocenters. The number of nitriles is 1. The largest absolute Gasteiger partial charge is 0.445 e. The zero-order valence-corrected chi connectivity index (χ0v) is 13.8. The van der Waals surface area contributed by atoms with E-state index in [1.54, 1.807) is 6.92 Å². The smallest absolute Gasteiger partial charge is 0.410 e. The number of hydrogen-bond donors (Lipinski definition) is 1. The van der Waals surface area contributed by atoms with Crippen LogP contribution in [-0.4, -0.2) is 46.2 Å². The number of carbonyl (C=O) groups is 2. The number of benzene rings is 1. The Kier molecular flexibility index (Phi) is 5.88. The molecule has 0 aliphatic carbocycles. The first-order valence-electron chi connectivity index (χ1n) is 7.43. The van der Waals surface area contributed by atoms with Gasteiger partial charge in [0.15, 0.2) is 6.19 Å². The number of thiol groups is 1. The Morgan fingerprint density at radius 3 is 2.74 bits per heavy atom. The Morgan fingerprint density at radius 2 is 2.13 bits per heavy atom. The predicted molar refractivity (Wildman–Crippen MR) is 87.5 cm³/mol. The number of nitrogens with zero attached hydrogens (tertiary/aromatic N) is 3. The number of ether oxygens (including phenoxy) is 1. The fourth-order valence-corrected chi connectivity index (χ4v) is 2.88. The SMILES string of the molecule is CCN(C#N)C(=O)[C@@H]1C[C@@H](S)CN1C(=O)OCc1ccccc1. The third kappa shape index (κ3) is 4.17. The normalized spacial score (nSPS) is 20.0. The summed E-state index contributed by atoms with van der Waals surface area (Å²) in [6, 6.07) is 8.63. The van der Waals surface area contributed by atoms with Crippen LogP contribution in [0, 0.1) is 11.5 Å². The monoisotopic (exact) mass is 333 g/mol. The Balaban J connectivity index is 2.02. The van der Waals surface area contributed by atoms with Crippen molar-refractivity contribution in [3.8, 4) is 6.19 Å². The van der Waals surface area contributed by atoms with Gasteiger partial charge in [-0.3, -0.25) is 9.69 Å². The summed E-state index contributed by atoms with van der Waals surface area (Å²) in [5.41, 5.74) is 0.873. The molecule has 2 atom stereocenters. The number of likely N-dealkylation sites (tertiary alicyclic amines) is 1. The highest BCUT2D eigenvalue weighted by Gasteiger charge is 2.41. The van der Waals surface area contributed by atoms with Crippen molar-refractivity contribution in [2.75, 3.05) is 13.1 Å². The summed E-state index contributed by atoms with van der Waals surface area (Å²) in [7, 11) is 0. The maximum absolute atomic E-state index is 12.4.